The molecule has 2 heteroatoms. The smallest absolute Gasteiger partial charge is 0.244 e. The summed E-state index contributed by atoms with van der Waals surface area (Å²) < 4.78 is 0. The Morgan fingerprint density at radius 1 is 1.60 bits per heavy atom. The molecule has 0 radical (unpaired) electrons. The van der Waals surface area contributed by atoms with Gasteiger partial charge in [-0.05, 0) is 19.3 Å². The third kappa shape index (κ3) is 2.67. The van der Waals surface area contributed by atoms with Gasteiger partial charge in [-0.25, -0.2) is 0 Å². The fourth-order valence-corrected chi connectivity index (χ4v) is 0.895. The number of hydrogen-bond donors (Lipinski definition) is 1. The lowest BCUT2D eigenvalue weighted by Gasteiger charge is -1.88. The molecule has 0 aromatic heterocycles. The number of amides is 1. The van der Waals surface area contributed by atoms with Crippen molar-refractivity contribution in [1.82, 2.24) is 0 Å². The first-order chi connectivity index (χ1) is 4.80. The largest absolute Gasteiger partial charge is 0.366 e. The molecule has 2 N–H and O–H groups in total. The fraction of sp³-hybridized carbons (Fsp3) is 0.625. The first kappa shape index (κ1) is 9.21. The highest BCUT2D eigenvalue weighted by atomic mass is 16.1. The Labute approximate surface area is 62.1 Å². The van der Waals surface area contributed by atoms with Crippen molar-refractivity contribution in [3.8, 4) is 0 Å². The molecule has 58 valence electrons. The Morgan fingerprint density at radius 2 is 2.20 bits per heavy atom. The molecular weight excluding hydrogens is 126 g/mol. The summed E-state index contributed by atoms with van der Waals surface area (Å²) in [7, 11) is 0. The summed E-state index contributed by atoms with van der Waals surface area (Å²) in [4.78, 5) is 10.4. The molecule has 0 saturated carbocycles. The molecule has 0 saturated heterocycles. The van der Waals surface area contributed by atoms with Gasteiger partial charge in [0.15, 0.2) is 0 Å². The third-order valence-electron chi connectivity index (χ3n) is 1.36. The Hall–Kier alpha value is -0.790. The van der Waals surface area contributed by atoms with Gasteiger partial charge in [-0.3, -0.25) is 4.79 Å². The monoisotopic (exact) mass is 141 g/mol. The van der Waals surface area contributed by atoms with E-state index in [0.717, 1.165) is 24.8 Å². The van der Waals surface area contributed by atoms with Crippen LogP contribution in [-0.2, 0) is 4.79 Å². The molecule has 0 fully saturated rings. The number of nitrogens with two attached hydrogens (primary N) is 1. The van der Waals surface area contributed by atoms with Crippen LogP contribution in [-0.4, -0.2) is 5.91 Å². The number of carbonyl (C=O) groups excluding carboxylic acids is 1. The molecule has 2 nitrogen and oxygen atoms in total. The number of rotatable bonds is 1. The molecule has 0 spiro atoms. The minimum Gasteiger partial charge on any atom is -0.366 e. The zero-order valence-electron chi connectivity index (χ0n) is 6.68. The first-order valence-electron chi connectivity index (χ1n) is 3.79. The maximum absolute atomic E-state index is 10.4. The highest BCUT2D eigenvalue weighted by molar-refractivity contribution is 5.92. The maximum Gasteiger partial charge on any atom is 0.244 e. The zero-order valence-corrected chi connectivity index (χ0v) is 6.68. The highest BCUT2D eigenvalue weighted by Gasteiger charge is 2.07. The van der Waals surface area contributed by atoms with E-state index in [2.05, 4.69) is 0 Å². The van der Waals surface area contributed by atoms with Crippen LogP contribution in [0.3, 0.4) is 0 Å². The molecule has 0 unspecified atom stereocenters. The SMILES string of the molecule is CC.NC(=O)C1=CCCC1. The predicted molar refractivity (Wildman–Crippen MR) is 42.5 cm³/mol. The molecule has 0 aliphatic heterocycles. The van der Waals surface area contributed by atoms with Crippen LogP contribution in [0.15, 0.2) is 11.6 Å². The molecule has 10 heavy (non-hydrogen) atoms. The average Bonchev–Trinajstić information content (AvgIpc) is 2.42. The van der Waals surface area contributed by atoms with E-state index in [1.807, 2.05) is 19.9 Å². The summed E-state index contributed by atoms with van der Waals surface area (Å²) in [6, 6.07) is 0. The van der Waals surface area contributed by atoms with Gasteiger partial charge in [0.05, 0.1) is 0 Å². The van der Waals surface area contributed by atoms with E-state index in [1.54, 1.807) is 0 Å². The lowest BCUT2D eigenvalue weighted by Crippen LogP contribution is -2.11. The summed E-state index contributed by atoms with van der Waals surface area (Å²) in [5.74, 6) is -0.248. The van der Waals surface area contributed by atoms with Crippen LogP contribution in [0, 0.1) is 0 Å². The molecule has 1 aliphatic rings. The van der Waals surface area contributed by atoms with Crippen LogP contribution < -0.4 is 5.73 Å². The maximum atomic E-state index is 10.4. The van der Waals surface area contributed by atoms with E-state index >= 15 is 0 Å². The Morgan fingerprint density at radius 3 is 2.40 bits per heavy atom. The van der Waals surface area contributed by atoms with Gasteiger partial charge in [-0.2, -0.15) is 0 Å². The molecular formula is C8H15NO. The van der Waals surface area contributed by atoms with Gasteiger partial charge in [0.25, 0.3) is 0 Å². The van der Waals surface area contributed by atoms with Crippen LogP contribution in [0.4, 0.5) is 0 Å². The lowest BCUT2D eigenvalue weighted by molar-refractivity contribution is -0.114. The first-order valence-corrected chi connectivity index (χ1v) is 3.79. The topological polar surface area (TPSA) is 43.1 Å². The van der Waals surface area contributed by atoms with E-state index in [4.69, 9.17) is 5.73 Å². The number of primary amides is 1. The second kappa shape index (κ2) is 5.03. The number of hydrogen-bond acceptors (Lipinski definition) is 1. The van der Waals surface area contributed by atoms with Crippen molar-refractivity contribution in [3.05, 3.63) is 11.6 Å². The number of carbonyl (C=O) groups is 1. The normalized spacial score (nSPS) is 15.2. The van der Waals surface area contributed by atoms with E-state index in [9.17, 15) is 4.79 Å². The lowest BCUT2D eigenvalue weighted by atomic mass is 10.2. The third-order valence-corrected chi connectivity index (χ3v) is 1.36. The van der Waals surface area contributed by atoms with Gasteiger partial charge < -0.3 is 5.73 Å². The van der Waals surface area contributed by atoms with E-state index in [1.165, 1.54) is 0 Å². The van der Waals surface area contributed by atoms with Crippen molar-refractivity contribution < 1.29 is 4.79 Å². The predicted octanol–water partition coefficient (Wildman–Crippen LogP) is 1.61. The van der Waals surface area contributed by atoms with Crippen LogP contribution >= 0.6 is 0 Å². The summed E-state index contributed by atoms with van der Waals surface area (Å²) in [6.45, 7) is 4.00. The quantitative estimate of drug-likeness (QED) is 0.592. The zero-order chi connectivity index (χ0) is 7.98. The van der Waals surface area contributed by atoms with Gasteiger partial charge in [0.1, 0.15) is 0 Å². The summed E-state index contributed by atoms with van der Waals surface area (Å²) in [6.07, 6.45) is 4.92. The van der Waals surface area contributed by atoms with Crippen molar-refractivity contribution in [2.24, 2.45) is 5.73 Å². The second-order valence-electron chi connectivity index (χ2n) is 1.99. The minimum atomic E-state index is -0.248. The molecule has 0 atom stereocenters. The molecule has 0 aromatic rings. The van der Waals surface area contributed by atoms with E-state index in [-0.39, 0.29) is 5.91 Å². The van der Waals surface area contributed by atoms with E-state index in [0.29, 0.717) is 0 Å². The molecule has 1 rings (SSSR count). The summed E-state index contributed by atoms with van der Waals surface area (Å²) >= 11 is 0. The molecule has 0 bridgehead atoms. The van der Waals surface area contributed by atoms with Gasteiger partial charge >= 0.3 is 0 Å². The molecule has 1 aliphatic carbocycles. The van der Waals surface area contributed by atoms with Gasteiger partial charge in [0, 0.05) is 5.57 Å². The Kier molecular flexibility index (Phi) is 4.63. The van der Waals surface area contributed by atoms with Gasteiger partial charge in [-0.15, -0.1) is 0 Å². The van der Waals surface area contributed by atoms with Gasteiger partial charge in [-0.1, -0.05) is 19.9 Å². The number of allylic oxidation sites excluding steroid dienone is 1. The fourth-order valence-electron chi connectivity index (χ4n) is 0.895. The standard InChI is InChI=1S/C6H9NO.C2H6/c7-6(8)5-3-1-2-4-5;1-2/h3H,1-2,4H2,(H2,7,8);1-2H3. The molecule has 0 heterocycles. The van der Waals surface area contributed by atoms with Crippen molar-refractivity contribution in [2.75, 3.05) is 0 Å². The Bertz CT molecular complexity index is 138. The van der Waals surface area contributed by atoms with Crippen LogP contribution in [0.1, 0.15) is 33.1 Å². The molecule has 1 amide bonds. The molecule has 0 aromatic carbocycles. The van der Waals surface area contributed by atoms with Gasteiger partial charge in [0.2, 0.25) is 5.91 Å². The van der Waals surface area contributed by atoms with Crippen molar-refractivity contribution in [3.63, 3.8) is 0 Å². The summed E-state index contributed by atoms with van der Waals surface area (Å²) in [5.41, 5.74) is 5.80. The van der Waals surface area contributed by atoms with Crippen molar-refractivity contribution >= 4 is 5.91 Å². The Balaban J connectivity index is 0.000000371. The van der Waals surface area contributed by atoms with Crippen LogP contribution in [0.25, 0.3) is 0 Å². The van der Waals surface area contributed by atoms with Crippen molar-refractivity contribution in [1.29, 1.82) is 0 Å². The summed E-state index contributed by atoms with van der Waals surface area (Å²) in [5, 5.41) is 0. The van der Waals surface area contributed by atoms with E-state index < -0.39 is 0 Å². The van der Waals surface area contributed by atoms with Crippen LogP contribution in [0.2, 0.25) is 0 Å². The second-order valence-corrected chi connectivity index (χ2v) is 1.99. The average molecular weight is 141 g/mol. The highest BCUT2D eigenvalue weighted by Crippen LogP contribution is 2.15. The minimum absolute atomic E-state index is 0.248. The van der Waals surface area contributed by atoms with Crippen molar-refractivity contribution in [2.45, 2.75) is 33.1 Å². The van der Waals surface area contributed by atoms with Crippen LogP contribution in [0.5, 0.6) is 0 Å².